The number of rotatable bonds is 8. The predicted molar refractivity (Wildman–Crippen MR) is 112 cm³/mol. The summed E-state index contributed by atoms with van der Waals surface area (Å²) in [7, 11) is 0. The average molecular weight is 437 g/mol. The second kappa shape index (κ2) is 10.7. The van der Waals surface area contributed by atoms with Crippen LogP contribution in [-0.4, -0.2) is 59.9 Å². The van der Waals surface area contributed by atoms with Crippen LogP contribution >= 0.6 is 11.3 Å². The molecule has 0 unspecified atom stereocenters. The largest absolute Gasteiger partial charge is 0.478 e. The number of thiophene rings is 1. The van der Waals surface area contributed by atoms with Crippen LogP contribution in [0.5, 0.6) is 0 Å². The lowest BCUT2D eigenvalue weighted by Gasteiger charge is -2.22. The van der Waals surface area contributed by atoms with E-state index in [1.807, 2.05) is 5.38 Å². The average Bonchev–Trinajstić information content (AvgIpc) is 3.64. The van der Waals surface area contributed by atoms with Gasteiger partial charge in [-0.05, 0) is 50.6 Å². The van der Waals surface area contributed by atoms with Crippen molar-refractivity contribution in [2.75, 3.05) is 19.8 Å². The maximum atomic E-state index is 12.3. The van der Waals surface area contributed by atoms with Gasteiger partial charge >= 0.3 is 11.9 Å². The summed E-state index contributed by atoms with van der Waals surface area (Å²) in [5.41, 5.74) is 0.833. The molecule has 0 bridgehead atoms. The van der Waals surface area contributed by atoms with E-state index in [1.165, 1.54) is 30.7 Å². The summed E-state index contributed by atoms with van der Waals surface area (Å²) in [4.78, 5) is 32.8. The summed E-state index contributed by atoms with van der Waals surface area (Å²) in [6, 6.07) is 3.02. The van der Waals surface area contributed by atoms with Crippen molar-refractivity contribution in [3.63, 3.8) is 0 Å². The molecule has 3 fully saturated rings. The van der Waals surface area contributed by atoms with E-state index in [2.05, 4.69) is 16.7 Å². The Labute approximate surface area is 179 Å². The molecule has 2 aliphatic carbocycles. The molecule has 8 nitrogen and oxygen atoms in total. The number of carbonyl (C=O) groups is 3. The van der Waals surface area contributed by atoms with Gasteiger partial charge < -0.3 is 25.6 Å². The molecule has 0 aromatic carbocycles. The van der Waals surface area contributed by atoms with Gasteiger partial charge in [-0.3, -0.25) is 4.79 Å². The zero-order valence-electron chi connectivity index (χ0n) is 16.7. The van der Waals surface area contributed by atoms with E-state index in [0.29, 0.717) is 24.1 Å². The quantitative estimate of drug-likeness (QED) is 0.461. The van der Waals surface area contributed by atoms with Gasteiger partial charge in [-0.25, -0.2) is 9.59 Å². The summed E-state index contributed by atoms with van der Waals surface area (Å²) in [6.45, 7) is 2.70. The molecule has 3 aliphatic rings. The number of hydrogen-bond acceptors (Lipinski definition) is 6. The highest BCUT2D eigenvalue weighted by atomic mass is 32.1. The SMILES string of the molecule is O=C(NC1CCOCC1)c1csc([C@@H]2C[C@H]2NCC2CC2)c1.O=C(O)/C=C/C(=O)O. The van der Waals surface area contributed by atoms with Gasteiger partial charge in [0.05, 0.1) is 5.56 Å². The Hall–Kier alpha value is -2.23. The molecule has 1 aromatic rings. The predicted octanol–water partition coefficient (Wildman–Crippen LogP) is 2.22. The second-order valence-electron chi connectivity index (χ2n) is 7.91. The van der Waals surface area contributed by atoms with Crippen LogP contribution in [0.2, 0.25) is 0 Å². The number of carboxylic acids is 2. The summed E-state index contributed by atoms with van der Waals surface area (Å²) >= 11 is 1.74. The van der Waals surface area contributed by atoms with Gasteiger partial charge in [-0.1, -0.05) is 0 Å². The van der Waals surface area contributed by atoms with Crippen LogP contribution in [0.3, 0.4) is 0 Å². The van der Waals surface area contributed by atoms with Gasteiger partial charge in [0.1, 0.15) is 0 Å². The van der Waals surface area contributed by atoms with Crippen LogP contribution in [0.1, 0.15) is 53.3 Å². The van der Waals surface area contributed by atoms with Crippen LogP contribution in [0.15, 0.2) is 23.6 Å². The molecule has 30 heavy (non-hydrogen) atoms. The van der Waals surface area contributed by atoms with Crippen molar-refractivity contribution < 1.29 is 29.3 Å². The summed E-state index contributed by atoms with van der Waals surface area (Å²) < 4.78 is 5.33. The minimum Gasteiger partial charge on any atom is -0.478 e. The molecular weight excluding hydrogens is 408 g/mol. The van der Waals surface area contributed by atoms with Crippen molar-refractivity contribution >= 4 is 29.2 Å². The fraction of sp³-hybridized carbons (Fsp3) is 0.571. The lowest BCUT2D eigenvalue weighted by molar-refractivity contribution is -0.134. The Balaban J connectivity index is 0.000000275. The fourth-order valence-electron chi connectivity index (χ4n) is 3.29. The first-order valence-corrected chi connectivity index (χ1v) is 11.1. The third-order valence-corrected chi connectivity index (χ3v) is 6.39. The molecule has 1 saturated heterocycles. The highest BCUT2D eigenvalue weighted by Crippen LogP contribution is 2.44. The van der Waals surface area contributed by atoms with Gasteiger partial charge in [-0.15, -0.1) is 11.3 Å². The monoisotopic (exact) mass is 436 g/mol. The normalized spacial score (nSPS) is 23.5. The number of carbonyl (C=O) groups excluding carboxylic acids is 1. The molecule has 1 amide bonds. The molecule has 9 heteroatoms. The molecule has 0 radical (unpaired) electrons. The first-order chi connectivity index (χ1) is 14.4. The van der Waals surface area contributed by atoms with E-state index < -0.39 is 11.9 Å². The molecule has 164 valence electrons. The molecular formula is C21H28N2O6S. The van der Waals surface area contributed by atoms with Crippen molar-refractivity contribution in [3.05, 3.63) is 34.0 Å². The molecule has 2 saturated carbocycles. The van der Waals surface area contributed by atoms with Crippen molar-refractivity contribution in [1.29, 1.82) is 0 Å². The smallest absolute Gasteiger partial charge is 0.328 e. The zero-order valence-corrected chi connectivity index (χ0v) is 17.5. The van der Waals surface area contributed by atoms with Crippen LogP contribution < -0.4 is 10.6 Å². The zero-order chi connectivity index (χ0) is 21.5. The summed E-state index contributed by atoms with van der Waals surface area (Å²) in [5, 5.41) is 24.4. The van der Waals surface area contributed by atoms with Crippen LogP contribution in [0, 0.1) is 5.92 Å². The topological polar surface area (TPSA) is 125 Å². The van der Waals surface area contributed by atoms with Crippen molar-refractivity contribution in [2.45, 2.75) is 50.1 Å². The van der Waals surface area contributed by atoms with E-state index in [1.54, 1.807) is 11.3 Å². The highest BCUT2D eigenvalue weighted by Gasteiger charge is 2.40. The van der Waals surface area contributed by atoms with Gasteiger partial charge in [-0.2, -0.15) is 0 Å². The molecule has 2 heterocycles. The minimum atomic E-state index is -1.26. The maximum absolute atomic E-state index is 12.3. The third kappa shape index (κ3) is 7.55. The lowest BCUT2D eigenvalue weighted by Crippen LogP contribution is -2.38. The highest BCUT2D eigenvalue weighted by molar-refractivity contribution is 7.10. The number of hydrogen-bond donors (Lipinski definition) is 4. The molecule has 1 aliphatic heterocycles. The van der Waals surface area contributed by atoms with E-state index in [-0.39, 0.29) is 11.9 Å². The molecule has 4 N–H and O–H groups in total. The van der Waals surface area contributed by atoms with Crippen molar-refractivity contribution in [2.24, 2.45) is 5.92 Å². The van der Waals surface area contributed by atoms with E-state index >= 15 is 0 Å². The first-order valence-electron chi connectivity index (χ1n) is 10.3. The summed E-state index contributed by atoms with van der Waals surface area (Å²) in [5.74, 6) is -0.865. The minimum absolute atomic E-state index is 0.0811. The Morgan fingerprint density at radius 2 is 1.77 bits per heavy atom. The maximum Gasteiger partial charge on any atom is 0.328 e. The molecule has 0 spiro atoms. The fourth-order valence-corrected chi connectivity index (χ4v) is 4.36. The molecule has 1 aromatic heterocycles. The Bertz CT molecular complexity index is 766. The standard InChI is InChI=1S/C17H24N2O2S.C4H4O4/c20-17(19-13-3-5-21-6-4-13)12-7-16(22-10-12)14-8-15(14)18-9-11-1-2-11;5-3(6)1-2-4(7)8/h7,10-11,13-15,18H,1-6,8-9H2,(H,19,20);1-2H,(H,5,6)(H,7,8)/b;2-1+/t14-,15-;/m1./s1. The van der Waals surface area contributed by atoms with Crippen molar-refractivity contribution in [3.8, 4) is 0 Å². The number of aliphatic carboxylic acids is 2. The number of ether oxygens (including phenoxy) is 1. The summed E-state index contributed by atoms with van der Waals surface area (Å²) in [6.07, 6.45) is 7.01. The van der Waals surface area contributed by atoms with Gasteiger partial charge in [0.2, 0.25) is 0 Å². The van der Waals surface area contributed by atoms with Crippen LogP contribution in [0.25, 0.3) is 0 Å². The lowest BCUT2D eigenvalue weighted by atomic mass is 10.1. The van der Waals surface area contributed by atoms with E-state index in [9.17, 15) is 14.4 Å². The van der Waals surface area contributed by atoms with Gasteiger partial charge in [0, 0.05) is 53.6 Å². The Morgan fingerprint density at radius 1 is 1.10 bits per heavy atom. The molecule has 2 atom stereocenters. The van der Waals surface area contributed by atoms with E-state index in [0.717, 1.165) is 37.5 Å². The number of carboxylic acid groups (broad SMARTS) is 2. The Morgan fingerprint density at radius 3 is 2.37 bits per heavy atom. The van der Waals surface area contributed by atoms with Crippen LogP contribution in [-0.2, 0) is 14.3 Å². The van der Waals surface area contributed by atoms with Crippen molar-refractivity contribution in [1.82, 2.24) is 10.6 Å². The van der Waals surface area contributed by atoms with Gasteiger partial charge in [0.25, 0.3) is 5.91 Å². The first kappa shape index (κ1) is 22.5. The van der Waals surface area contributed by atoms with Crippen LogP contribution in [0.4, 0.5) is 0 Å². The second-order valence-corrected chi connectivity index (χ2v) is 8.85. The van der Waals surface area contributed by atoms with E-state index in [4.69, 9.17) is 14.9 Å². The third-order valence-electron chi connectivity index (χ3n) is 5.33. The number of nitrogens with one attached hydrogen (secondary N) is 2. The Kier molecular flexibility index (Phi) is 8.01. The van der Waals surface area contributed by atoms with Gasteiger partial charge in [0.15, 0.2) is 0 Å². The molecule has 4 rings (SSSR count). The number of amides is 1.